The average Bonchev–Trinajstić information content (AvgIpc) is 2.77. The SMILES string of the molecule is CC1=CC(=Nc2cccc3ccccc23)C(C)=CC1=Nc1cccc2ccccc12. The largest absolute Gasteiger partial charge is 0.248 e. The number of hydrogen-bond acceptors (Lipinski definition) is 2. The second-order valence-electron chi connectivity index (χ2n) is 7.65. The molecule has 2 heteroatoms. The minimum atomic E-state index is 0.987. The maximum absolute atomic E-state index is 4.99. The highest BCUT2D eigenvalue weighted by atomic mass is 14.8. The molecule has 0 aliphatic heterocycles. The highest BCUT2D eigenvalue weighted by molar-refractivity contribution is 6.24. The lowest BCUT2D eigenvalue weighted by Crippen LogP contribution is -2.10. The van der Waals surface area contributed by atoms with Crippen LogP contribution in [0.5, 0.6) is 0 Å². The first kappa shape index (κ1) is 18.3. The van der Waals surface area contributed by atoms with Crippen LogP contribution in [-0.4, -0.2) is 11.4 Å². The predicted octanol–water partition coefficient (Wildman–Crippen LogP) is 7.74. The fourth-order valence-corrected chi connectivity index (χ4v) is 3.90. The van der Waals surface area contributed by atoms with Crippen LogP contribution in [0.15, 0.2) is 118 Å². The van der Waals surface area contributed by atoms with Crippen LogP contribution in [-0.2, 0) is 0 Å². The normalized spacial score (nSPS) is 16.9. The highest BCUT2D eigenvalue weighted by Gasteiger charge is 2.13. The van der Waals surface area contributed by atoms with Crippen molar-refractivity contribution in [2.75, 3.05) is 0 Å². The zero-order chi connectivity index (χ0) is 20.5. The second-order valence-corrected chi connectivity index (χ2v) is 7.65. The summed E-state index contributed by atoms with van der Waals surface area (Å²) in [6.07, 6.45) is 4.28. The summed E-state index contributed by atoms with van der Waals surface area (Å²) < 4.78 is 0. The summed E-state index contributed by atoms with van der Waals surface area (Å²) in [6, 6.07) is 29.3. The molecule has 144 valence electrons. The van der Waals surface area contributed by atoms with Gasteiger partial charge in [-0.25, -0.2) is 9.98 Å². The van der Waals surface area contributed by atoms with Gasteiger partial charge < -0.3 is 0 Å². The second kappa shape index (κ2) is 7.57. The first-order chi connectivity index (χ1) is 14.7. The Hall–Kier alpha value is -3.78. The van der Waals surface area contributed by atoms with Gasteiger partial charge in [0.25, 0.3) is 0 Å². The molecule has 0 bridgehead atoms. The van der Waals surface area contributed by atoms with E-state index in [0.29, 0.717) is 0 Å². The van der Waals surface area contributed by atoms with Crippen LogP contribution in [0.4, 0.5) is 11.4 Å². The van der Waals surface area contributed by atoms with Crippen LogP contribution < -0.4 is 0 Å². The van der Waals surface area contributed by atoms with E-state index in [1.807, 2.05) is 0 Å². The summed E-state index contributed by atoms with van der Waals surface area (Å²) in [5.74, 6) is 0. The molecule has 2 nitrogen and oxygen atoms in total. The van der Waals surface area contributed by atoms with Crippen molar-refractivity contribution in [3.8, 4) is 0 Å². The molecule has 0 fully saturated rings. The summed E-state index contributed by atoms with van der Waals surface area (Å²) in [7, 11) is 0. The van der Waals surface area contributed by atoms with Gasteiger partial charge in [0.15, 0.2) is 0 Å². The molecular formula is C28H22N2. The molecular weight excluding hydrogens is 364 g/mol. The highest BCUT2D eigenvalue weighted by Crippen LogP contribution is 2.29. The molecule has 0 aromatic heterocycles. The number of fused-ring (bicyclic) bond motifs is 2. The summed E-state index contributed by atoms with van der Waals surface area (Å²) in [5, 5.41) is 4.74. The Bertz CT molecular complexity index is 1280. The number of benzene rings is 4. The number of nitrogens with zero attached hydrogens (tertiary/aromatic N) is 2. The fourth-order valence-electron chi connectivity index (χ4n) is 3.90. The first-order valence-electron chi connectivity index (χ1n) is 10.2. The Kier molecular flexibility index (Phi) is 4.61. The van der Waals surface area contributed by atoms with Crippen LogP contribution >= 0.6 is 0 Å². The zero-order valence-electron chi connectivity index (χ0n) is 17.1. The zero-order valence-corrected chi connectivity index (χ0v) is 17.1. The molecule has 0 unspecified atom stereocenters. The molecule has 1 aliphatic rings. The Morgan fingerprint density at radius 1 is 0.467 bits per heavy atom. The third-order valence-corrected chi connectivity index (χ3v) is 5.53. The van der Waals surface area contributed by atoms with Gasteiger partial charge in [-0.05, 0) is 60.1 Å². The molecule has 0 spiro atoms. The molecule has 0 heterocycles. The molecule has 0 N–H and O–H groups in total. The number of hydrogen-bond donors (Lipinski definition) is 0. The molecule has 0 saturated heterocycles. The lowest BCUT2D eigenvalue weighted by Gasteiger charge is -2.14. The summed E-state index contributed by atoms with van der Waals surface area (Å²) in [5.41, 5.74) is 6.20. The molecule has 0 radical (unpaired) electrons. The van der Waals surface area contributed by atoms with Gasteiger partial charge in [-0.1, -0.05) is 72.8 Å². The van der Waals surface area contributed by atoms with E-state index in [0.717, 1.165) is 33.9 Å². The smallest absolute Gasteiger partial charge is 0.0715 e. The maximum Gasteiger partial charge on any atom is 0.0715 e. The minimum absolute atomic E-state index is 0.987. The summed E-state index contributed by atoms with van der Waals surface area (Å²) in [4.78, 5) is 9.97. The van der Waals surface area contributed by atoms with E-state index >= 15 is 0 Å². The van der Waals surface area contributed by atoms with Gasteiger partial charge in [-0.2, -0.15) is 0 Å². The molecule has 0 saturated carbocycles. The molecule has 4 aromatic rings. The average molecular weight is 386 g/mol. The van der Waals surface area contributed by atoms with Crippen molar-refractivity contribution in [1.82, 2.24) is 0 Å². The molecule has 30 heavy (non-hydrogen) atoms. The third-order valence-electron chi connectivity index (χ3n) is 5.53. The van der Waals surface area contributed by atoms with Gasteiger partial charge in [0, 0.05) is 10.8 Å². The lowest BCUT2D eigenvalue weighted by molar-refractivity contribution is 1.43. The van der Waals surface area contributed by atoms with Crippen molar-refractivity contribution in [2.24, 2.45) is 9.98 Å². The standard InChI is InChI=1S/C28H22N2/c1-19-17-28(30-26-16-8-12-22-10-4-6-14-24(22)26)20(2)18-27(19)29-25-15-7-11-21-9-3-5-13-23(21)25/h3-18H,1-2H3. The van der Waals surface area contributed by atoms with E-state index < -0.39 is 0 Å². The van der Waals surface area contributed by atoms with E-state index in [2.05, 4.69) is 111 Å². The van der Waals surface area contributed by atoms with E-state index in [9.17, 15) is 0 Å². The van der Waals surface area contributed by atoms with Crippen LogP contribution in [0.25, 0.3) is 21.5 Å². The van der Waals surface area contributed by atoms with Gasteiger partial charge in [0.05, 0.1) is 22.8 Å². The third kappa shape index (κ3) is 3.37. The Morgan fingerprint density at radius 3 is 1.33 bits per heavy atom. The van der Waals surface area contributed by atoms with Gasteiger partial charge >= 0.3 is 0 Å². The van der Waals surface area contributed by atoms with Gasteiger partial charge in [0.2, 0.25) is 0 Å². The molecule has 0 amide bonds. The van der Waals surface area contributed by atoms with Gasteiger partial charge in [0.1, 0.15) is 0 Å². The van der Waals surface area contributed by atoms with Crippen molar-refractivity contribution in [3.63, 3.8) is 0 Å². The Morgan fingerprint density at radius 2 is 0.867 bits per heavy atom. The lowest BCUT2D eigenvalue weighted by atomic mass is 9.97. The molecule has 0 atom stereocenters. The molecule has 5 rings (SSSR count). The summed E-state index contributed by atoms with van der Waals surface area (Å²) in [6.45, 7) is 4.21. The van der Waals surface area contributed by atoms with Crippen LogP contribution in [0, 0.1) is 0 Å². The molecule has 1 aliphatic carbocycles. The van der Waals surface area contributed by atoms with Crippen molar-refractivity contribution in [3.05, 3.63) is 108 Å². The monoisotopic (exact) mass is 386 g/mol. The number of allylic oxidation sites excluding steroid dienone is 4. The van der Waals surface area contributed by atoms with E-state index in [1.54, 1.807) is 0 Å². The number of aliphatic imine (C=N–C) groups is 2. The quantitative estimate of drug-likeness (QED) is 0.315. The van der Waals surface area contributed by atoms with Crippen LogP contribution in [0.2, 0.25) is 0 Å². The predicted molar refractivity (Wildman–Crippen MR) is 130 cm³/mol. The summed E-state index contributed by atoms with van der Waals surface area (Å²) >= 11 is 0. The van der Waals surface area contributed by atoms with Crippen LogP contribution in [0.1, 0.15) is 13.8 Å². The maximum atomic E-state index is 4.99. The van der Waals surface area contributed by atoms with Gasteiger partial charge in [-0.3, -0.25) is 0 Å². The number of rotatable bonds is 2. The minimum Gasteiger partial charge on any atom is -0.248 e. The van der Waals surface area contributed by atoms with Crippen molar-refractivity contribution in [2.45, 2.75) is 13.8 Å². The van der Waals surface area contributed by atoms with Crippen molar-refractivity contribution < 1.29 is 0 Å². The first-order valence-corrected chi connectivity index (χ1v) is 10.2. The van der Waals surface area contributed by atoms with Gasteiger partial charge in [-0.15, -0.1) is 0 Å². The Labute approximate surface area is 176 Å². The fraction of sp³-hybridized carbons (Fsp3) is 0.0714. The van der Waals surface area contributed by atoms with E-state index in [4.69, 9.17) is 9.98 Å². The van der Waals surface area contributed by atoms with E-state index in [-0.39, 0.29) is 0 Å². The topological polar surface area (TPSA) is 24.7 Å². The Balaban J connectivity index is 1.57. The van der Waals surface area contributed by atoms with E-state index in [1.165, 1.54) is 21.5 Å². The van der Waals surface area contributed by atoms with Crippen LogP contribution in [0.3, 0.4) is 0 Å². The molecule has 4 aromatic carbocycles. The van der Waals surface area contributed by atoms with Crippen molar-refractivity contribution >= 4 is 44.3 Å². The van der Waals surface area contributed by atoms with Crippen molar-refractivity contribution in [1.29, 1.82) is 0 Å².